The van der Waals surface area contributed by atoms with E-state index < -0.39 is 11.6 Å². The van der Waals surface area contributed by atoms with Gasteiger partial charge in [0, 0.05) is 6.54 Å². The van der Waals surface area contributed by atoms with Gasteiger partial charge in [-0.2, -0.15) is 0 Å². The van der Waals surface area contributed by atoms with Crippen molar-refractivity contribution in [2.75, 3.05) is 0 Å². The van der Waals surface area contributed by atoms with E-state index in [-0.39, 0.29) is 16.9 Å². The van der Waals surface area contributed by atoms with Gasteiger partial charge in [-0.25, -0.2) is 9.37 Å². The second-order valence-electron chi connectivity index (χ2n) is 6.70. The molecule has 0 saturated carbocycles. The fourth-order valence-corrected chi connectivity index (χ4v) is 3.36. The van der Waals surface area contributed by atoms with Crippen molar-refractivity contribution in [3.8, 4) is 28.5 Å². The number of para-hydroxylation sites is 1. The number of rotatable bonds is 5. The van der Waals surface area contributed by atoms with Crippen LogP contribution in [0.2, 0.25) is 0 Å². The summed E-state index contributed by atoms with van der Waals surface area (Å²) in [6.45, 7) is 2.01. The van der Waals surface area contributed by atoms with Crippen molar-refractivity contribution in [2.24, 2.45) is 0 Å². The SMILES string of the molecule is Cc1nc(-c2cccc(F)c2O)n(CCc2ccccc2)c(=O)c1-c1ccco1. The molecule has 0 bridgehead atoms. The molecule has 0 radical (unpaired) electrons. The van der Waals surface area contributed by atoms with E-state index >= 15 is 0 Å². The summed E-state index contributed by atoms with van der Waals surface area (Å²) in [7, 11) is 0. The summed E-state index contributed by atoms with van der Waals surface area (Å²) >= 11 is 0. The predicted octanol–water partition coefficient (Wildman–Crippen LogP) is 4.57. The number of hydrogen-bond donors (Lipinski definition) is 1. The van der Waals surface area contributed by atoms with Gasteiger partial charge in [0.05, 0.1) is 17.5 Å². The summed E-state index contributed by atoms with van der Waals surface area (Å²) in [6, 6.07) is 17.3. The average molecular weight is 390 g/mol. The summed E-state index contributed by atoms with van der Waals surface area (Å²) in [5.41, 5.74) is 1.71. The molecule has 146 valence electrons. The molecule has 0 saturated heterocycles. The number of halogens is 1. The fraction of sp³-hybridized carbons (Fsp3) is 0.130. The Balaban J connectivity index is 1.90. The molecular weight excluding hydrogens is 371 g/mol. The third-order valence-electron chi connectivity index (χ3n) is 4.81. The number of hydrogen-bond acceptors (Lipinski definition) is 4. The molecule has 4 aromatic rings. The monoisotopic (exact) mass is 390 g/mol. The zero-order chi connectivity index (χ0) is 20.4. The minimum Gasteiger partial charge on any atom is -0.504 e. The molecule has 2 aromatic carbocycles. The van der Waals surface area contributed by atoms with E-state index in [1.54, 1.807) is 25.1 Å². The lowest BCUT2D eigenvalue weighted by atomic mass is 10.1. The Morgan fingerprint density at radius 1 is 1.07 bits per heavy atom. The summed E-state index contributed by atoms with van der Waals surface area (Å²) in [4.78, 5) is 17.9. The molecule has 29 heavy (non-hydrogen) atoms. The molecule has 4 rings (SSSR count). The van der Waals surface area contributed by atoms with Crippen molar-refractivity contribution in [2.45, 2.75) is 19.9 Å². The van der Waals surface area contributed by atoms with Gasteiger partial charge in [0.25, 0.3) is 5.56 Å². The molecular formula is C23H19FN2O3. The molecule has 2 aromatic heterocycles. The number of phenols is 1. The topological polar surface area (TPSA) is 68.3 Å². The van der Waals surface area contributed by atoms with Crippen molar-refractivity contribution < 1.29 is 13.9 Å². The quantitative estimate of drug-likeness (QED) is 0.542. The van der Waals surface area contributed by atoms with Crippen molar-refractivity contribution >= 4 is 0 Å². The molecule has 0 aliphatic rings. The van der Waals surface area contributed by atoms with Crippen LogP contribution in [0.3, 0.4) is 0 Å². The van der Waals surface area contributed by atoms with Crippen LogP contribution in [0.5, 0.6) is 5.75 Å². The fourth-order valence-electron chi connectivity index (χ4n) is 3.36. The number of furan rings is 1. The molecule has 2 heterocycles. The number of aromatic hydroxyl groups is 1. The zero-order valence-corrected chi connectivity index (χ0v) is 15.8. The minimum absolute atomic E-state index is 0.171. The van der Waals surface area contributed by atoms with Crippen LogP contribution in [-0.2, 0) is 13.0 Å². The number of phenolic OH excluding ortho intramolecular Hbond substituents is 1. The summed E-state index contributed by atoms with van der Waals surface area (Å²) in [5.74, 6) is -0.656. The Labute approximate surface area is 166 Å². The molecule has 0 atom stereocenters. The largest absolute Gasteiger partial charge is 0.504 e. The van der Waals surface area contributed by atoms with E-state index in [0.717, 1.165) is 11.6 Å². The van der Waals surface area contributed by atoms with Crippen LogP contribution in [0.25, 0.3) is 22.7 Å². The molecule has 5 nitrogen and oxygen atoms in total. The Morgan fingerprint density at radius 3 is 2.59 bits per heavy atom. The maximum atomic E-state index is 14.0. The summed E-state index contributed by atoms with van der Waals surface area (Å²) in [5, 5.41) is 10.2. The van der Waals surface area contributed by atoms with E-state index in [1.807, 2.05) is 30.3 Å². The van der Waals surface area contributed by atoms with Crippen LogP contribution >= 0.6 is 0 Å². The van der Waals surface area contributed by atoms with Crippen molar-refractivity contribution in [3.05, 3.63) is 94.4 Å². The van der Waals surface area contributed by atoms with E-state index in [2.05, 4.69) is 4.98 Å². The van der Waals surface area contributed by atoms with Crippen LogP contribution in [0, 0.1) is 12.7 Å². The van der Waals surface area contributed by atoms with Gasteiger partial charge in [0.1, 0.15) is 17.1 Å². The molecule has 0 fully saturated rings. The first-order valence-corrected chi connectivity index (χ1v) is 9.23. The molecule has 1 N–H and O–H groups in total. The lowest BCUT2D eigenvalue weighted by Gasteiger charge is -2.16. The normalized spacial score (nSPS) is 11.0. The second kappa shape index (κ2) is 7.75. The number of nitrogens with zero attached hydrogens (tertiary/aromatic N) is 2. The predicted molar refractivity (Wildman–Crippen MR) is 108 cm³/mol. The van der Waals surface area contributed by atoms with Crippen LogP contribution in [0.4, 0.5) is 4.39 Å². The first-order valence-electron chi connectivity index (χ1n) is 9.23. The van der Waals surface area contributed by atoms with Crippen LogP contribution in [0.1, 0.15) is 11.3 Å². The van der Waals surface area contributed by atoms with Crippen molar-refractivity contribution in [1.82, 2.24) is 9.55 Å². The second-order valence-corrected chi connectivity index (χ2v) is 6.70. The highest BCUT2D eigenvalue weighted by atomic mass is 19.1. The Kier molecular flexibility index (Phi) is 4.99. The Hall–Kier alpha value is -3.67. The van der Waals surface area contributed by atoms with E-state index in [9.17, 15) is 14.3 Å². The summed E-state index contributed by atoms with van der Waals surface area (Å²) < 4.78 is 20.9. The van der Waals surface area contributed by atoms with Gasteiger partial charge in [-0.3, -0.25) is 9.36 Å². The molecule has 0 unspecified atom stereocenters. The van der Waals surface area contributed by atoms with Gasteiger partial charge in [-0.15, -0.1) is 0 Å². The standard InChI is InChI=1S/C23H19FN2O3/c1-15-20(19-11-6-14-29-19)23(28)26(13-12-16-7-3-2-4-8-16)22(25-15)17-9-5-10-18(24)21(17)27/h2-11,14,27H,12-13H2,1H3. The first-order chi connectivity index (χ1) is 14.1. The van der Waals surface area contributed by atoms with E-state index in [0.29, 0.717) is 30.0 Å². The van der Waals surface area contributed by atoms with Crippen LogP contribution in [-0.4, -0.2) is 14.7 Å². The van der Waals surface area contributed by atoms with Gasteiger partial charge in [-0.1, -0.05) is 36.4 Å². The third-order valence-corrected chi connectivity index (χ3v) is 4.81. The van der Waals surface area contributed by atoms with Crippen molar-refractivity contribution in [1.29, 1.82) is 0 Å². The molecule has 0 aliphatic carbocycles. The summed E-state index contributed by atoms with van der Waals surface area (Å²) in [6.07, 6.45) is 2.07. The molecule has 0 spiro atoms. The Bertz CT molecular complexity index is 1200. The van der Waals surface area contributed by atoms with Gasteiger partial charge in [0.2, 0.25) is 0 Å². The third kappa shape index (κ3) is 3.57. The number of aromatic nitrogens is 2. The molecule has 6 heteroatoms. The lowest BCUT2D eigenvalue weighted by Crippen LogP contribution is -2.27. The van der Waals surface area contributed by atoms with E-state index in [1.165, 1.54) is 16.9 Å². The van der Waals surface area contributed by atoms with Crippen molar-refractivity contribution in [3.63, 3.8) is 0 Å². The first kappa shape index (κ1) is 18.7. The van der Waals surface area contributed by atoms with Crippen LogP contribution in [0.15, 0.2) is 76.1 Å². The average Bonchev–Trinajstić information content (AvgIpc) is 3.24. The van der Waals surface area contributed by atoms with Gasteiger partial charge in [0.15, 0.2) is 11.6 Å². The number of benzene rings is 2. The van der Waals surface area contributed by atoms with Gasteiger partial charge < -0.3 is 9.52 Å². The maximum Gasteiger partial charge on any atom is 0.265 e. The van der Waals surface area contributed by atoms with Crippen LogP contribution < -0.4 is 5.56 Å². The number of aryl methyl sites for hydroxylation is 2. The smallest absolute Gasteiger partial charge is 0.265 e. The Morgan fingerprint density at radius 2 is 1.86 bits per heavy atom. The molecule has 0 amide bonds. The van der Waals surface area contributed by atoms with Gasteiger partial charge in [-0.05, 0) is 43.2 Å². The maximum absolute atomic E-state index is 14.0. The zero-order valence-electron chi connectivity index (χ0n) is 15.8. The van der Waals surface area contributed by atoms with Gasteiger partial charge >= 0.3 is 0 Å². The highest BCUT2D eigenvalue weighted by molar-refractivity contribution is 5.67. The highest BCUT2D eigenvalue weighted by Gasteiger charge is 2.21. The van der Waals surface area contributed by atoms with E-state index in [4.69, 9.17) is 4.42 Å². The minimum atomic E-state index is -0.765. The highest BCUT2D eigenvalue weighted by Crippen LogP contribution is 2.31. The molecule has 0 aliphatic heterocycles. The lowest BCUT2D eigenvalue weighted by molar-refractivity contribution is 0.433.